The van der Waals surface area contributed by atoms with Gasteiger partial charge in [-0.1, -0.05) is 12.1 Å². The Bertz CT molecular complexity index is 748. The van der Waals surface area contributed by atoms with Gasteiger partial charge in [-0.15, -0.1) is 0 Å². The Labute approximate surface area is 148 Å². The molecule has 5 heteroatoms. The van der Waals surface area contributed by atoms with Gasteiger partial charge in [-0.3, -0.25) is 4.79 Å². The average molecular weight is 337 g/mol. The molecule has 130 valence electrons. The lowest BCUT2D eigenvalue weighted by molar-refractivity contribution is -0.126. The second-order valence-electron chi connectivity index (χ2n) is 6.01. The lowest BCUT2D eigenvalue weighted by Crippen LogP contribution is -2.48. The first-order valence-electron chi connectivity index (χ1n) is 8.37. The van der Waals surface area contributed by atoms with E-state index in [0.717, 1.165) is 35.8 Å². The van der Waals surface area contributed by atoms with E-state index in [1.54, 1.807) is 13.2 Å². The van der Waals surface area contributed by atoms with Crippen LogP contribution in [0.25, 0.3) is 6.08 Å². The molecule has 0 aromatic heterocycles. The van der Waals surface area contributed by atoms with Crippen LogP contribution in [0.4, 0.5) is 11.4 Å². The zero-order valence-electron chi connectivity index (χ0n) is 14.4. The Morgan fingerprint density at radius 1 is 1.08 bits per heavy atom. The highest BCUT2D eigenvalue weighted by molar-refractivity contribution is 5.92. The molecule has 0 radical (unpaired) electrons. The first kappa shape index (κ1) is 16.9. The van der Waals surface area contributed by atoms with Crippen LogP contribution in [0.2, 0.25) is 0 Å². The van der Waals surface area contributed by atoms with E-state index in [2.05, 4.69) is 4.90 Å². The monoisotopic (exact) mass is 337 g/mol. The van der Waals surface area contributed by atoms with Crippen LogP contribution in [0.5, 0.6) is 5.75 Å². The van der Waals surface area contributed by atoms with Crippen molar-refractivity contribution >= 4 is 23.4 Å². The molecule has 0 atom stereocenters. The van der Waals surface area contributed by atoms with Gasteiger partial charge in [0.15, 0.2) is 0 Å². The predicted molar refractivity (Wildman–Crippen MR) is 102 cm³/mol. The summed E-state index contributed by atoms with van der Waals surface area (Å²) in [5, 5.41) is 0. The number of ether oxygens (including phenoxy) is 1. The summed E-state index contributed by atoms with van der Waals surface area (Å²) < 4.78 is 5.20. The number of nitrogens with two attached hydrogens (primary N) is 1. The van der Waals surface area contributed by atoms with E-state index in [1.807, 2.05) is 59.5 Å². The molecule has 5 nitrogen and oxygen atoms in total. The van der Waals surface area contributed by atoms with Gasteiger partial charge < -0.3 is 20.3 Å². The Balaban J connectivity index is 1.56. The second-order valence-corrected chi connectivity index (χ2v) is 6.01. The summed E-state index contributed by atoms with van der Waals surface area (Å²) in [6, 6.07) is 15.5. The van der Waals surface area contributed by atoms with E-state index < -0.39 is 0 Å². The number of carbonyl (C=O) groups is 1. The fourth-order valence-electron chi connectivity index (χ4n) is 2.89. The van der Waals surface area contributed by atoms with Crippen molar-refractivity contribution in [1.82, 2.24) is 4.90 Å². The number of benzene rings is 2. The van der Waals surface area contributed by atoms with Crippen molar-refractivity contribution in [2.75, 3.05) is 43.9 Å². The molecule has 0 aliphatic carbocycles. The van der Waals surface area contributed by atoms with Crippen molar-refractivity contribution in [2.24, 2.45) is 0 Å². The van der Waals surface area contributed by atoms with Crippen molar-refractivity contribution < 1.29 is 9.53 Å². The van der Waals surface area contributed by atoms with E-state index in [9.17, 15) is 4.79 Å². The minimum Gasteiger partial charge on any atom is -0.497 e. The van der Waals surface area contributed by atoms with E-state index >= 15 is 0 Å². The van der Waals surface area contributed by atoms with Gasteiger partial charge in [0.05, 0.1) is 7.11 Å². The normalized spacial score (nSPS) is 14.8. The Morgan fingerprint density at radius 3 is 2.48 bits per heavy atom. The number of nitrogens with zero attached hydrogens (tertiary/aromatic N) is 2. The molecule has 1 saturated heterocycles. The van der Waals surface area contributed by atoms with Gasteiger partial charge in [0, 0.05) is 43.6 Å². The molecule has 2 aromatic rings. The number of carbonyl (C=O) groups excluding carboxylic acids is 1. The molecular weight excluding hydrogens is 314 g/mol. The number of anilines is 2. The topological polar surface area (TPSA) is 58.8 Å². The fourth-order valence-corrected chi connectivity index (χ4v) is 2.89. The summed E-state index contributed by atoms with van der Waals surface area (Å²) in [5.41, 5.74) is 8.59. The van der Waals surface area contributed by atoms with Crippen LogP contribution < -0.4 is 15.4 Å². The molecule has 2 aromatic carbocycles. The summed E-state index contributed by atoms with van der Waals surface area (Å²) in [7, 11) is 1.63. The number of amides is 1. The smallest absolute Gasteiger partial charge is 0.246 e. The third-order valence-electron chi connectivity index (χ3n) is 4.36. The quantitative estimate of drug-likeness (QED) is 0.688. The van der Waals surface area contributed by atoms with Gasteiger partial charge in [0.1, 0.15) is 5.75 Å². The summed E-state index contributed by atoms with van der Waals surface area (Å²) in [6.45, 7) is 3.07. The van der Waals surface area contributed by atoms with E-state index in [4.69, 9.17) is 10.5 Å². The van der Waals surface area contributed by atoms with Crippen LogP contribution >= 0.6 is 0 Å². The number of piperazine rings is 1. The van der Waals surface area contributed by atoms with Gasteiger partial charge in [-0.25, -0.2) is 0 Å². The number of rotatable bonds is 4. The van der Waals surface area contributed by atoms with Crippen LogP contribution in [0, 0.1) is 0 Å². The van der Waals surface area contributed by atoms with Crippen molar-refractivity contribution in [3.05, 3.63) is 60.2 Å². The maximum Gasteiger partial charge on any atom is 0.246 e. The number of hydrogen-bond acceptors (Lipinski definition) is 4. The van der Waals surface area contributed by atoms with Crippen LogP contribution in [0.1, 0.15) is 5.56 Å². The van der Waals surface area contributed by atoms with Crippen LogP contribution in [0.3, 0.4) is 0 Å². The molecule has 1 fully saturated rings. The highest BCUT2D eigenvalue weighted by Crippen LogP contribution is 2.18. The number of methoxy groups -OCH3 is 1. The van der Waals surface area contributed by atoms with E-state index in [0.29, 0.717) is 13.1 Å². The molecule has 0 unspecified atom stereocenters. The molecule has 2 N–H and O–H groups in total. The lowest BCUT2D eigenvalue weighted by Gasteiger charge is -2.35. The zero-order valence-corrected chi connectivity index (χ0v) is 14.4. The molecule has 0 saturated carbocycles. The standard InChI is InChI=1S/C20H23N3O2/c1-25-19-4-2-3-16(15-19)5-10-20(24)23-13-11-22(12-14-23)18-8-6-17(21)7-9-18/h2-10,15H,11-14,21H2,1H3/b10-5+. The maximum atomic E-state index is 12.4. The fraction of sp³-hybridized carbons (Fsp3) is 0.250. The molecular formula is C20H23N3O2. The van der Waals surface area contributed by atoms with E-state index in [1.165, 1.54) is 0 Å². The predicted octanol–water partition coefficient (Wildman–Crippen LogP) is 2.64. The maximum absolute atomic E-state index is 12.4. The Morgan fingerprint density at radius 2 is 1.80 bits per heavy atom. The van der Waals surface area contributed by atoms with Crippen LogP contribution in [-0.4, -0.2) is 44.1 Å². The molecule has 25 heavy (non-hydrogen) atoms. The minimum absolute atomic E-state index is 0.0415. The Kier molecular flexibility index (Phi) is 5.23. The molecule has 3 rings (SSSR count). The van der Waals surface area contributed by atoms with Crippen molar-refractivity contribution in [3.8, 4) is 5.75 Å². The largest absolute Gasteiger partial charge is 0.497 e. The molecule has 0 spiro atoms. The van der Waals surface area contributed by atoms with Gasteiger partial charge in [-0.2, -0.15) is 0 Å². The third kappa shape index (κ3) is 4.32. The van der Waals surface area contributed by atoms with E-state index in [-0.39, 0.29) is 5.91 Å². The highest BCUT2D eigenvalue weighted by Gasteiger charge is 2.19. The molecule has 1 heterocycles. The van der Waals surface area contributed by atoms with Crippen LogP contribution in [0.15, 0.2) is 54.6 Å². The van der Waals surface area contributed by atoms with Gasteiger partial charge in [0.25, 0.3) is 0 Å². The third-order valence-corrected chi connectivity index (χ3v) is 4.36. The van der Waals surface area contributed by atoms with Gasteiger partial charge >= 0.3 is 0 Å². The molecule has 1 amide bonds. The summed E-state index contributed by atoms with van der Waals surface area (Å²) >= 11 is 0. The second kappa shape index (κ2) is 7.75. The van der Waals surface area contributed by atoms with Gasteiger partial charge in [0.2, 0.25) is 5.91 Å². The first-order valence-corrected chi connectivity index (χ1v) is 8.37. The molecule has 0 bridgehead atoms. The highest BCUT2D eigenvalue weighted by atomic mass is 16.5. The van der Waals surface area contributed by atoms with Crippen molar-refractivity contribution in [1.29, 1.82) is 0 Å². The first-order chi connectivity index (χ1) is 12.2. The molecule has 1 aliphatic rings. The lowest BCUT2D eigenvalue weighted by atomic mass is 10.2. The summed E-state index contributed by atoms with van der Waals surface area (Å²) in [6.07, 6.45) is 3.46. The molecule has 1 aliphatic heterocycles. The minimum atomic E-state index is 0.0415. The van der Waals surface area contributed by atoms with Crippen LogP contribution in [-0.2, 0) is 4.79 Å². The zero-order chi connectivity index (χ0) is 17.6. The number of nitrogen functional groups attached to an aromatic ring is 1. The Hall–Kier alpha value is -2.95. The summed E-state index contributed by atoms with van der Waals surface area (Å²) in [4.78, 5) is 16.5. The average Bonchev–Trinajstić information content (AvgIpc) is 2.67. The summed E-state index contributed by atoms with van der Waals surface area (Å²) in [5.74, 6) is 0.825. The van der Waals surface area contributed by atoms with Crippen molar-refractivity contribution in [3.63, 3.8) is 0 Å². The van der Waals surface area contributed by atoms with Crippen molar-refractivity contribution in [2.45, 2.75) is 0 Å². The van der Waals surface area contributed by atoms with Gasteiger partial charge in [-0.05, 0) is 48.0 Å². The SMILES string of the molecule is COc1cccc(/C=C/C(=O)N2CCN(c3ccc(N)cc3)CC2)c1. The number of hydrogen-bond donors (Lipinski definition) is 1.